The van der Waals surface area contributed by atoms with E-state index in [9.17, 15) is 0 Å². The monoisotopic (exact) mass is 228 g/mol. The van der Waals surface area contributed by atoms with Crippen LogP contribution in [0.15, 0.2) is 38.0 Å². The minimum Gasteiger partial charge on any atom is -0.307 e. The normalized spacial score (nSPS) is 6.67. The number of hydrogen-bond acceptors (Lipinski definition) is 1. The molecule has 0 fully saturated rings. The van der Waals surface area contributed by atoms with Gasteiger partial charge in [0.05, 0.1) is 6.33 Å². The van der Waals surface area contributed by atoms with Gasteiger partial charge in [-0.05, 0) is 6.08 Å². The summed E-state index contributed by atoms with van der Waals surface area (Å²) >= 11 is 0. The summed E-state index contributed by atoms with van der Waals surface area (Å²) in [5.74, 6) is 0. The lowest BCUT2D eigenvalue weighted by atomic mass is 10.5. The molecule has 0 atom stereocenters. The van der Waals surface area contributed by atoms with Crippen molar-refractivity contribution in [1.29, 1.82) is 0 Å². The van der Waals surface area contributed by atoms with E-state index in [2.05, 4.69) is 18.1 Å². The Bertz CT molecular complexity index is 219. The van der Waals surface area contributed by atoms with Crippen molar-refractivity contribution in [3.05, 3.63) is 38.0 Å². The zero-order valence-corrected chi connectivity index (χ0v) is 8.79. The quantitative estimate of drug-likeness (QED) is 0.713. The lowest BCUT2D eigenvalue weighted by Gasteiger charge is -1.95. The average Bonchev–Trinajstić information content (AvgIpc) is 2.37. The summed E-state index contributed by atoms with van der Waals surface area (Å²) < 4.78 is 1.80. The highest BCUT2D eigenvalue weighted by Crippen LogP contribution is 1.98. The Hall–Kier alpha value is -0.440. The molecular formula is C7H11Cl3N2. The molecule has 12 heavy (non-hydrogen) atoms. The molecule has 0 unspecified atom stereocenters. The van der Waals surface area contributed by atoms with E-state index in [0.717, 1.165) is 5.70 Å². The molecule has 0 N–H and O–H groups in total. The third-order valence-corrected chi connectivity index (χ3v) is 1.07. The maximum Gasteiger partial charge on any atom is 0.0991 e. The molecule has 70 valence electrons. The summed E-state index contributed by atoms with van der Waals surface area (Å²) in [6.45, 7) is 7.29. The van der Waals surface area contributed by atoms with Gasteiger partial charge in [0, 0.05) is 18.1 Å². The largest absolute Gasteiger partial charge is 0.307 e. The third kappa shape index (κ3) is 4.44. The Morgan fingerprint density at radius 2 is 1.92 bits per heavy atom. The zero-order valence-electron chi connectivity index (χ0n) is 6.34. The molecule has 0 radical (unpaired) electrons. The van der Waals surface area contributed by atoms with Gasteiger partial charge in [-0.1, -0.05) is 13.2 Å². The van der Waals surface area contributed by atoms with Crippen molar-refractivity contribution >= 4 is 42.9 Å². The van der Waals surface area contributed by atoms with Gasteiger partial charge in [-0.3, -0.25) is 0 Å². The molecule has 1 aromatic rings. The van der Waals surface area contributed by atoms with Crippen LogP contribution in [0.1, 0.15) is 0 Å². The Balaban J connectivity index is -0.000000270. The first-order valence-corrected chi connectivity index (χ1v) is 2.64. The summed E-state index contributed by atoms with van der Waals surface area (Å²) in [5, 5.41) is 0. The summed E-state index contributed by atoms with van der Waals surface area (Å²) in [6, 6.07) is 0. The average molecular weight is 230 g/mol. The topological polar surface area (TPSA) is 17.8 Å². The smallest absolute Gasteiger partial charge is 0.0991 e. The van der Waals surface area contributed by atoms with Gasteiger partial charge in [-0.25, -0.2) is 4.98 Å². The summed E-state index contributed by atoms with van der Waals surface area (Å²) in [6.07, 6.45) is 6.89. The number of nitrogens with zero attached hydrogens (tertiary/aromatic N) is 2. The highest BCUT2D eigenvalue weighted by Gasteiger charge is 1.86. The van der Waals surface area contributed by atoms with Gasteiger partial charge in [0.25, 0.3) is 0 Å². The first kappa shape index (κ1) is 17.6. The van der Waals surface area contributed by atoms with Crippen LogP contribution in [0.25, 0.3) is 5.70 Å². The second-order valence-electron chi connectivity index (χ2n) is 1.67. The minimum absolute atomic E-state index is 0. The second kappa shape index (κ2) is 8.65. The van der Waals surface area contributed by atoms with Crippen LogP contribution in [0.5, 0.6) is 0 Å². The van der Waals surface area contributed by atoms with Crippen molar-refractivity contribution in [2.75, 3.05) is 0 Å². The number of aromatic nitrogens is 2. The maximum atomic E-state index is 3.85. The molecule has 0 amide bonds. The van der Waals surface area contributed by atoms with Crippen molar-refractivity contribution < 1.29 is 0 Å². The van der Waals surface area contributed by atoms with Gasteiger partial charge < -0.3 is 4.57 Å². The van der Waals surface area contributed by atoms with E-state index in [4.69, 9.17) is 0 Å². The van der Waals surface area contributed by atoms with Gasteiger partial charge >= 0.3 is 0 Å². The predicted octanol–water partition coefficient (Wildman–Crippen LogP) is 2.81. The van der Waals surface area contributed by atoms with Crippen LogP contribution >= 0.6 is 37.2 Å². The van der Waals surface area contributed by atoms with Crippen LogP contribution in [-0.2, 0) is 0 Å². The van der Waals surface area contributed by atoms with Crippen molar-refractivity contribution in [2.45, 2.75) is 0 Å². The molecule has 2 nitrogen and oxygen atoms in total. The van der Waals surface area contributed by atoms with E-state index in [1.54, 1.807) is 23.2 Å². The van der Waals surface area contributed by atoms with Gasteiger partial charge in [-0.2, -0.15) is 0 Å². The zero-order chi connectivity index (χ0) is 6.69. The minimum atomic E-state index is 0. The first-order chi connectivity index (χ1) is 4.34. The van der Waals surface area contributed by atoms with Crippen LogP contribution in [0.2, 0.25) is 0 Å². The molecule has 1 aromatic heterocycles. The molecule has 0 saturated heterocycles. The van der Waals surface area contributed by atoms with E-state index in [0.29, 0.717) is 0 Å². The fraction of sp³-hybridized carbons (Fsp3) is 0. The van der Waals surface area contributed by atoms with Gasteiger partial charge in [0.1, 0.15) is 0 Å². The Morgan fingerprint density at radius 1 is 1.33 bits per heavy atom. The third-order valence-electron chi connectivity index (χ3n) is 1.07. The maximum absolute atomic E-state index is 3.85. The molecule has 0 aliphatic carbocycles. The Labute approximate surface area is 90.6 Å². The molecule has 0 bridgehead atoms. The molecule has 0 aliphatic heterocycles. The summed E-state index contributed by atoms with van der Waals surface area (Å²) in [4.78, 5) is 3.85. The van der Waals surface area contributed by atoms with E-state index >= 15 is 0 Å². The van der Waals surface area contributed by atoms with E-state index in [-0.39, 0.29) is 37.2 Å². The lowest BCUT2D eigenvalue weighted by molar-refractivity contribution is 1.11. The number of imidazole rings is 1. The lowest BCUT2D eigenvalue weighted by Crippen LogP contribution is -1.85. The van der Waals surface area contributed by atoms with Crippen LogP contribution < -0.4 is 0 Å². The number of rotatable bonds is 2. The van der Waals surface area contributed by atoms with E-state index < -0.39 is 0 Å². The first-order valence-electron chi connectivity index (χ1n) is 2.64. The van der Waals surface area contributed by atoms with E-state index in [1.807, 2.05) is 6.20 Å². The predicted molar refractivity (Wildman–Crippen MR) is 59.5 cm³/mol. The van der Waals surface area contributed by atoms with Crippen LogP contribution in [0.3, 0.4) is 0 Å². The molecule has 1 heterocycles. The molecule has 0 aliphatic rings. The number of allylic oxidation sites excluding steroid dienone is 2. The number of halogens is 3. The van der Waals surface area contributed by atoms with E-state index in [1.165, 1.54) is 0 Å². The fourth-order valence-corrected chi connectivity index (χ4v) is 0.534. The van der Waals surface area contributed by atoms with Crippen LogP contribution in [-0.4, -0.2) is 9.55 Å². The summed E-state index contributed by atoms with van der Waals surface area (Å²) in [5.41, 5.74) is 0.840. The highest BCUT2D eigenvalue weighted by molar-refractivity contribution is 5.86. The SMILES string of the molecule is C=CC(=C)n1ccnc1.Cl.Cl.Cl. The summed E-state index contributed by atoms with van der Waals surface area (Å²) in [7, 11) is 0. The molecule has 1 rings (SSSR count). The van der Waals surface area contributed by atoms with Crippen LogP contribution in [0, 0.1) is 0 Å². The van der Waals surface area contributed by atoms with Crippen molar-refractivity contribution in [3.8, 4) is 0 Å². The Morgan fingerprint density at radius 3 is 2.25 bits per heavy atom. The molecule has 0 saturated carbocycles. The highest BCUT2D eigenvalue weighted by atomic mass is 35.5. The molecule has 0 aromatic carbocycles. The van der Waals surface area contributed by atoms with Gasteiger partial charge in [0.15, 0.2) is 0 Å². The van der Waals surface area contributed by atoms with Crippen LogP contribution in [0.4, 0.5) is 0 Å². The van der Waals surface area contributed by atoms with Crippen molar-refractivity contribution in [2.24, 2.45) is 0 Å². The molecule has 0 spiro atoms. The molecular weight excluding hydrogens is 218 g/mol. The Kier molecular flexibility index (Phi) is 12.7. The van der Waals surface area contributed by atoms with Gasteiger partial charge in [0.2, 0.25) is 0 Å². The van der Waals surface area contributed by atoms with Crippen molar-refractivity contribution in [1.82, 2.24) is 9.55 Å². The van der Waals surface area contributed by atoms with Gasteiger partial charge in [-0.15, -0.1) is 37.2 Å². The van der Waals surface area contributed by atoms with Crippen molar-refractivity contribution in [3.63, 3.8) is 0 Å². The molecule has 5 heteroatoms. The fourth-order valence-electron chi connectivity index (χ4n) is 0.534. The number of hydrogen-bond donors (Lipinski definition) is 0. The standard InChI is InChI=1S/C7H8N2.3ClH/c1-3-7(2)9-5-4-8-6-9;;;/h3-6H,1-2H2;3*1H. The second-order valence-corrected chi connectivity index (χ2v) is 1.67.